The Morgan fingerprint density at radius 1 is 1.05 bits per heavy atom. The summed E-state index contributed by atoms with van der Waals surface area (Å²) in [6.07, 6.45) is -0.845. The van der Waals surface area contributed by atoms with Crippen LogP contribution < -0.4 is 22.0 Å². The van der Waals surface area contributed by atoms with E-state index >= 15 is 0 Å². The number of alkyl carbamates (subject to hydrolysis) is 1. The van der Waals surface area contributed by atoms with Crippen molar-refractivity contribution in [1.29, 1.82) is 0 Å². The smallest absolute Gasteiger partial charge is 0.408 e. The summed E-state index contributed by atoms with van der Waals surface area (Å²) in [5.74, 6) is -1.54. The van der Waals surface area contributed by atoms with Crippen LogP contribution in [0, 0.1) is 6.92 Å². The maximum absolute atomic E-state index is 13.8. The first-order chi connectivity index (χ1) is 19.2. The Morgan fingerprint density at radius 3 is 2.35 bits per heavy atom. The number of ketones is 1. The van der Waals surface area contributed by atoms with Crippen LogP contribution in [0.3, 0.4) is 0 Å². The Hall–Kier alpha value is -5.19. The van der Waals surface area contributed by atoms with E-state index in [1.54, 1.807) is 6.92 Å². The number of carboxylic acids is 1. The fourth-order valence-electron chi connectivity index (χ4n) is 4.14. The SMILES string of the molecule is Cc1c(N)c(C(=O)[C@H](Cc2ccccc2)NC(=O)OCc2ccccc2)cc2nc(NCCC(=O)O)oc(=O)c12. The van der Waals surface area contributed by atoms with Crippen LogP contribution in [0.5, 0.6) is 0 Å². The number of aliphatic carboxylic acids is 1. The van der Waals surface area contributed by atoms with Gasteiger partial charge in [0.25, 0.3) is 6.01 Å². The highest BCUT2D eigenvalue weighted by atomic mass is 16.5. The van der Waals surface area contributed by atoms with Crippen molar-refractivity contribution in [3.63, 3.8) is 0 Å². The number of nitrogens with zero attached hydrogens (tertiary/aromatic N) is 1. The summed E-state index contributed by atoms with van der Waals surface area (Å²) in [5.41, 5.74) is 7.69. The highest BCUT2D eigenvalue weighted by Gasteiger charge is 2.27. The van der Waals surface area contributed by atoms with Crippen molar-refractivity contribution in [3.8, 4) is 0 Å². The molecule has 40 heavy (non-hydrogen) atoms. The third-order valence-corrected chi connectivity index (χ3v) is 6.21. The summed E-state index contributed by atoms with van der Waals surface area (Å²) in [6, 6.07) is 18.4. The van der Waals surface area contributed by atoms with E-state index in [1.807, 2.05) is 60.7 Å². The minimum absolute atomic E-state index is 0.0213. The Balaban J connectivity index is 1.64. The molecule has 0 fully saturated rings. The lowest BCUT2D eigenvalue weighted by molar-refractivity contribution is -0.136. The highest BCUT2D eigenvalue weighted by molar-refractivity contribution is 6.09. The number of carbonyl (C=O) groups excluding carboxylic acids is 2. The number of hydrogen-bond acceptors (Lipinski definition) is 9. The minimum Gasteiger partial charge on any atom is -0.481 e. The molecule has 1 amide bonds. The van der Waals surface area contributed by atoms with Gasteiger partial charge in [0.05, 0.1) is 23.4 Å². The lowest BCUT2D eigenvalue weighted by Gasteiger charge is -2.20. The number of aryl methyl sites for hydroxylation is 1. The Bertz CT molecular complexity index is 1590. The van der Waals surface area contributed by atoms with Crippen molar-refractivity contribution in [1.82, 2.24) is 10.3 Å². The second-order valence-electron chi connectivity index (χ2n) is 9.05. The molecule has 1 atom stereocenters. The molecule has 11 nitrogen and oxygen atoms in total. The van der Waals surface area contributed by atoms with Crippen molar-refractivity contribution >= 4 is 40.5 Å². The van der Waals surface area contributed by atoms with E-state index in [4.69, 9.17) is 20.0 Å². The molecule has 3 aromatic carbocycles. The predicted molar refractivity (Wildman–Crippen MR) is 148 cm³/mol. The van der Waals surface area contributed by atoms with Crippen molar-refractivity contribution in [3.05, 3.63) is 99.4 Å². The quantitative estimate of drug-likeness (QED) is 0.161. The van der Waals surface area contributed by atoms with Gasteiger partial charge in [-0.2, -0.15) is 4.98 Å². The van der Waals surface area contributed by atoms with E-state index in [0.717, 1.165) is 11.1 Å². The van der Waals surface area contributed by atoms with Gasteiger partial charge in [0.2, 0.25) is 0 Å². The number of nitrogens with two attached hydrogens (primary N) is 1. The van der Waals surface area contributed by atoms with E-state index in [-0.39, 0.29) is 54.2 Å². The maximum atomic E-state index is 13.8. The number of nitrogen functional groups attached to an aromatic ring is 1. The molecule has 0 unspecified atom stereocenters. The molecule has 0 aliphatic heterocycles. The number of anilines is 2. The molecular formula is C29H28N4O7. The number of ether oxygens (including phenoxy) is 1. The van der Waals surface area contributed by atoms with E-state index in [2.05, 4.69) is 15.6 Å². The van der Waals surface area contributed by atoms with Crippen LogP contribution in [-0.4, -0.2) is 40.5 Å². The van der Waals surface area contributed by atoms with Crippen LogP contribution in [-0.2, 0) is 22.6 Å². The first kappa shape index (κ1) is 27.8. The predicted octanol–water partition coefficient (Wildman–Crippen LogP) is 3.69. The standard InChI is InChI=1S/C29H28N4O7/c1-17-24-21(32-28(40-27(24)37)31-13-12-23(34)35)15-20(25(17)30)26(36)22(14-18-8-4-2-5-9-18)33-29(38)39-16-19-10-6-3-7-11-19/h2-11,15,22H,12-14,16,30H2,1H3,(H,31,32)(H,33,38)(H,34,35)/t22-/m0/s1. The zero-order valence-electron chi connectivity index (χ0n) is 21.7. The van der Waals surface area contributed by atoms with Crippen molar-refractivity contribution < 1.29 is 28.6 Å². The van der Waals surface area contributed by atoms with Gasteiger partial charge in [0.15, 0.2) is 5.78 Å². The Labute approximate surface area is 229 Å². The van der Waals surface area contributed by atoms with Gasteiger partial charge in [0, 0.05) is 24.2 Å². The van der Waals surface area contributed by atoms with Gasteiger partial charge in [-0.1, -0.05) is 60.7 Å². The summed E-state index contributed by atoms with van der Waals surface area (Å²) in [6.45, 7) is 1.57. The maximum Gasteiger partial charge on any atom is 0.408 e. The van der Waals surface area contributed by atoms with Crippen LogP contribution in [0.1, 0.15) is 33.5 Å². The number of rotatable bonds is 11. The molecule has 11 heteroatoms. The second-order valence-corrected chi connectivity index (χ2v) is 9.05. The lowest BCUT2D eigenvalue weighted by Crippen LogP contribution is -2.43. The largest absolute Gasteiger partial charge is 0.481 e. The second kappa shape index (κ2) is 12.6. The summed E-state index contributed by atoms with van der Waals surface area (Å²) in [5, 5.41) is 14.2. The highest BCUT2D eigenvalue weighted by Crippen LogP contribution is 2.27. The molecule has 1 heterocycles. The average Bonchev–Trinajstić information content (AvgIpc) is 2.94. The van der Waals surface area contributed by atoms with Crippen LogP contribution in [0.25, 0.3) is 10.9 Å². The molecule has 0 aliphatic rings. The van der Waals surface area contributed by atoms with Crippen molar-refractivity contribution in [2.24, 2.45) is 0 Å². The molecule has 4 rings (SSSR count). The van der Waals surface area contributed by atoms with Gasteiger partial charge in [-0.3, -0.25) is 9.59 Å². The first-order valence-corrected chi connectivity index (χ1v) is 12.5. The van der Waals surface area contributed by atoms with E-state index in [1.165, 1.54) is 6.07 Å². The molecule has 0 saturated carbocycles. The van der Waals surface area contributed by atoms with Crippen molar-refractivity contribution in [2.45, 2.75) is 32.4 Å². The third kappa shape index (κ3) is 6.81. The van der Waals surface area contributed by atoms with E-state index in [0.29, 0.717) is 5.56 Å². The number of hydrogen-bond donors (Lipinski definition) is 4. The zero-order chi connectivity index (χ0) is 28.6. The number of carboxylic acid groups (broad SMARTS) is 1. The number of benzene rings is 3. The third-order valence-electron chi connectivity index (χ3n) is 6.21. The average molecular weight is 545 g/mol. The summed E-state index contributed by atoms with van der Waals surface area (Å²) >= 11 is 0. The number of carbonyl (C=O) groups is 3. The normalized spacial score (nSPS) is 11.5. The molecule has 0 aliphatic carbocycles. The number of fused-ring (bicyclic) bond motifs is 1. The Kier molecular flexibility index (Phi) is 8.75. The molecule has 4 aromatic rings. The van der Waals surface area contributed by atoms with Gasteiger partial charge in [-0.05, 0) is 29.7 Å². The van der Waals surface area contributed by atoms with Gasteiger partial charge in [-0.15, -0.1) is 0 Å². The molecule has 0 radical (unpaired) electrons. The van der Waals surface area contributed by atoms with Crippen molar-refractivity contribution in [2.75, 3.05) is 17.6 Å². The topological polar surface area (TPSA) is 174 Å². The van der Waals surface area contributed by atoms with Gasteiger partial charge in [0.1, 0.15) is 6.61 Å². The van der Waals surface area contributed by atoms with Gasteiger partial charge >= 0.3 is 17.7 Å². The molecular weight excluding hydrogens is 516 g/mol. The van der Waals surface area contributed by atoms with Crippen LogP contribution in [0.4, 0.5) is 16.5 Å². The minimum atomic E-state index is -1.04. The fourth-order valence-corrected chi connectivity index (χ4v) is 4.14. The molecule has 0 spiro atoms. The zero-order valence-corrected chi connectivity index (χ0v) is 21.7. The van der Waals surface area contributed by atoms with E-state index < -0.39 is 29.5 Å². The summed E-state index contributed by atoms with van der Waals surface area (Å²) < 4.78 is 10.5. The molecule has 0 bridgehead atoms. The monoisotopic (exact) mass is 544 g/mol. The molecule has 0 saturated heterocycles. The molecule has 5 N–H and O–H groups in total. The summed E-state index contributed by atoms with van der Waals surface area (Å²) in [7, 11) is 0. The number of nitrogens with one attached hydrogen (secondary N) is 2. The van der Waals surface area contributed by atoms with E-state index in [9.17, 15) is 19.2 Å². The number of amides is 1. The summed E-state index contributed by atoms with van der Waals surface area (Å²) in [4.78, 5) is 54.3. The molecule has 1 aromatic heterocycles. The van der Waals surface area contributed by atoms with Crippen LogP contribution in [0.15, 0.2) is 75.9 Å². The number of Topliss-reactive ketones (excluding diaryl/α,β-unsaturated/α-hetero) is 1. The molecule has 206 valence electrons. The van der Waals surface area contributed by atoms with Gasteiger partial charge < -0.3 is 30.6 Å². The van der Waals surface area contributed by atoms with Crippen LogP contribution >= 0.6 is 0 Å². The lowest BCUT2D eigenvalue weighted by atomic mass is 9.94. The first-order valence-electron chi connectivity index (χ1n) is 12.5. The van der Waals surface area contributed by atoms with Crippen LogP contribution in [0.2, 0.25) is 0 Å². The van der Waals surface area contributed by atoms with Gasteiger partial charge in [-0.25, -0.2) is 9.59 Å². The number of aromatic nitrogens is 1. The Morgan fingerprint density at radius 2 is 1.70 bits per heavy atom. The fraction of sp³-hybridized carbons (Fsp3) is 0.207.